The number of pyridine rings is 1. The van der Waals surface area contributed by atoms with Gasteiger partial charge in [0.1, 0.15) is 0 Å². The van der Waals surface area contributed by atoms with Gasteiger partial charge in [-0.05, 0) is 87.3 Å². The monoisotopic (exact) mass is 482 g/mol. The zero-order valence-corrected chi connectivity index (χ0v) is 20.6. The van der Waals surface area contributed by atoms with Crippen LogP contribution in [-0.4, -0.2) is 47.9 Å². The third-order valence-electron chi connectivity index (χ3n) is 6.50. The zero-order valence-electron chi connectivity index (χ0n) is 20.6. The zero-order chi connectivity index (χ0) is 25.0. The van der Waals surface area contributed by atoms with Gasteiger partial charge in [-0.3, -0.25) is 19.5 Å². The first-order valence-corrected chi connectivity index (χ1v) is 12.7. The molecule has 4 rings (SSSR count). The van der Waals surface area contributed by atoms with Crippen LogP contribution in [0.3, 0.4) is 0 Å². The number of nitrogens with one attached hydrogen (secondary N) is 1. The van der Waals surface area contributed by atoms with E-state index in [1.165, 1.54) is 0 Å². The molecule has 1 fully saturated rings. The Hall–Kier alpha value is -3.77. The largest absolute Gasteiger partial charge is 0.353 e. The van der Waals surface area contributed by atoms with Crippen LogP contribution >= 0.6 is 0 Å². The van der Waals surface area contributed by atoms with E-state index in [9.17, 15) is 9.59 Å². The number of anilines is 2. The molecular formula is C30H34N4O2. The lowest BCUT2D eigenvalue weighted by molar-refractivity contribution is -0.123. The third kappa shape index (κ3) is 7.36. The molecule has 0 bridgehead atoms. The van der Waals surface area contributed by atoms with E-state index >= 15 is 0 Å². The Bertz CT molecular complexity index is 1070. The van der Waals surface area contributed by atoms with Gasteiger partial charge in [-0.15, -0.1) is 0 Å². The van der Waals surface area contributed by atoms with Crippen molar-refractivity contribution in [2.75, 3.05) is 31.1 Å². The van der Waals surface area contributed by atoms with E-state index in [4.69, 9.17) is 0 Å². The van der Waals surface area contributed by atoms with Crippen molar-refractivity contribution in [2.24, 2.45) is 5.92 Å². The molecule has 1 aromatic heterocycles. The number of nitrogens with zero attached hydrogens (tertiary/aromatic N) is 3. The van der Waals surface area contributed by atoms with Crippen molar-refractivity contribution >= 4 is 29.3 Å². The molecule has 0 unspecified atom stereocenters. The highest BCUT2D eigenvalue weighted by atomic mass is 16.2. The maximum Gasteiger partial charge on any atom is 0.243 e. The first kappa shape index (κ1) is 25.3. The van der Waals surface area contributed by atoms with Gasteiger partial charge >= 0.3 is 0 Å². The summed E-state index contributed by atoms with van der Waals surface area (Å²) in [6, 6.07) is 23.6. The van der Waals surface area contributed by atoms with Gasteiger partial charge < -0.3 is 10.2 Å². The molecular weight excluding hydrogens is 448 g/mol. The second-order valence-electron chi connectivity index (χ2n) is 9.08. The van der Waals surface area contributed by atoms with Crippen molar-refractivity contribution in [2.45, 2.75) is 25.7 Å². The number of carbonyl (C=O) groups is 2. The van der Waals surface area contributed by atoms with Crippen LogP contribution < -0.4 is 10.2 Å². The number of piperidine rings is 1. The molecule has 1 saturated heterocycles. The van der Waals surface area contributed by atoms with Crippen molar-refractivity contribution in [3.63, 3.8) is 0 Å². The second kappa shape index (κ2) is 13.4. The van der Waals surface area contributed by atoms with Crippen LogP contribution in [0.25, 0.3) is 6.08 Å². The molecule has 186 valence electrons. The molecule has 1 aliphatic rings. The third-order valence-corrected chi connectivity index (χ3v) is 6.50. The summed E-state index contributed by atoms with van der Waals surface area (Å²) >= 11 is 0. The summed E-state index contributed by atoms with van der Waals surface area (Å²) in [5, 5.41) is 2.94. The van der Waals surface area contributed by atoms with Gasteiger partial charge in [-0.25, -0.2) is 0 Å². The smallest absolute Gasteiger partial charge is 0.243 e. The average molecular weight is 483 g/mol. The molecule has 1 N–H and O–H groups in total. The molecule has 0 saturated carbocycles. The van der Waals surface area contributed by atoms with E-state index in [2.05, 4.69) is 15.2 Å². The predicted molar refractivity (Wildman–Crippen MR) is 145 cm³/mol. The number of unbranched alkanes of at least 4 members (excludes halogenated alkanes) is 1. The SMILES string of the molecule is O=C(C=Cc1cccnc1)NCCCCN1CCC(C(=O)N(c2ccccc2)c2ccccc2)CC1. The Kier molecular flexibility index (Phi) is 9.39. The van der Waals surface area contributed by atoms with Crippen molar-refractivity contribution < 1.29 is 9.59 Å². The van der Waals surface area contributed by atoms with Gasteiger partial charge in [0.2, 0.25) is 11.8 Å². The van der Waals surface area contributed by atoms with Crippen LogP contribution in [0.2, 0.25) is 0 Å². The number of likely N-dealkylation sites (tertiary alicyclic amines) is 1. The Balaban J connectivity index is 1.19. The quantitative estimate of drug-likeness (QED) is 0.324. The molecule has 2 aromatic carbocycles. The first-order chi connectivity index (χ1) is 17.7. The highest BCUT2D eigenvalue weighted by Crippen LogP contribution is 2.30. The van der Waals surface area contributed by atoms with E-state index in [-0.39, 0.29) is 17.7 Å². The van der Waals surface area contributed by atoms with E-state index in [0.717, 1.165) is 62.3 Å². The summed E-state index contributed by atoms with van der Waals surface area (Å²) in [5.41, 5.74) is 2.73. The maximum atomic E-state index is 13.6. The number of para-hydroxylation sites is 2. The Morgan fingerprint density at radius 2 is 1.58 bits per heavy atom. The van der Waals surface area contributed by atoms with E-state index in [1.54, 1.807) is 24.5 Å². The van der Waals surface area contributed by atoms with Crippen LogP contribution in [0.15, 0.2) is 91.3 Å². The second-order valence-corrected chi connectivity index (χ2v) is 9.08. The minimum atomic E-state index is -0.0837. The molecule has 2 heterocycles. The lowest BCUT2D eigenvalue weighted by atomic mass is 9.94. The van der Waals surface area contributed by atoms with Gasteiger partial charge in [0.15, 0.2) is 0 Å². The molecule has 0 atom stereocenters. The Morgan fingerprint density at radius 1 is 0.917 bits per heavy atom. The number of aromatic nitrogens is 1. The minimum absolute atomic E-state index is 0.0209. The maximum absolute atomic E-state index is 13.6. The number of benzene rings is 2. The molecule has 0 aliphatic carbocycles. The van der Waals surface area contributed by atoms with Gasteiger partial charge in [0.05, 0.1) is 0 Å². The van der Waals surface area contributed by atoms with Gasteiger partial charge in [0, 0.05) is 42.3 Å². The Labute approximate surface area is 213 Å². The van der Waals surface area contributed by atoms with Crippen LogP contribution in [-0.2, 0) is 9.59 Å². The molecule has 3 aromatic rings. The lowest BCUT2D eigenvalue weighted by Gasteiger charge is -2.34. The van der Waals surface area contributed by atoms with E-state index in [1.807, 2.05) is 77.7 Å². The van der Waals surface area contributed by atoms with Crippen molar-refractivity contribution in [3.8, 4) is 0 Å². The highest BCUT2D eigenvalue weighted by molar-refractivity contribution is 6.01. The average Bonchev–Trinajstić information content (AvgIpc) is 2.94. The molecule has 0 radical (unpaired) electrons. The van der Waals surface area contributed by atoms with Gasteiger partial charge in [-0.1, -0.05) is 42.5 Å². The number of amides is 2. The van der Waals surface area contributed by atoms with Gasteiger partial charge in [-0.2, -0.15) is 0 Å². The normalized spacial score (nSPS) is 14.6. The number of carbonyl (C=O) groups excluding carboxylic acids is 2. The summed E-state index contributed by atoms with van der Waals surface area (Å²) in [4.78, 5) is 33.9. The highest BCUT2D eigenvalue weighted by Gasteiger charge is 2.30. The van der Waals surface area contributed by atoms with Crippen LogP contribution in [0.4, 0.5) is 11.4 Å². The van der Waals surface area contributed by atoms with Crippen LogP contribution in [0.5, 0.6) is 0 Å². The van der Waals surface area contributed by atoms with Crippen molar-refractivity contribution in [1.82, 2.24) is 15.2 Å². The standard InChI is InChI=1S/C30H34N4O2/c35-29(16-15-25-10-9-19-31-24-25)32-20-7-8-21-33-22-17-26(18-23-33)30(36)34(27-11-3-1-4-12-27)28-13-5-2-6-14-28/h1-6,9-16,19,24,26H,7-8,17-18,20-23H2,(H,32,35). The number of hydrogen-bond donors (Lipinski definition) is 1. The molecule has 2 amide bonds. The molecule has 0 spiro atoms. The van der Waals surface area contributed by atoms with Crippen LogP contribution in [0, 0.1) is 5.92 Å². The molecule has 6 heteroatoms. The molecule has 1 aliphatic heterocycles. The fraction of sp³-hybridized carbons (Fsp3) is 0.300. The van der Waals surface area contributed by atoms with Crippen molar-refractivity contribution in [3.05, 3.63) is 96.8 Å². The van der Waals surface area contributed by atoms with E-state index < -0.39 is 0 Å². The fourth-order valence-corrected chi connectivity index (χ4v) is 4.52. The van der Waals surface area contributed by atoms with Gasteiger partial charge in [0.25, 0.3) is 0 Å². The lowest BCUT2D eigenvalue weighted by Crippen LogP contribution is -2.41. The fourth-order valence-electron chi connectivity index (χ4n) is 4.52. The minimum Gasteiger partial charge on any atom is -0.353 e. The summed E-state index contributed by atoms with van der Waals surface area (Å²) in [6.07, 6.45) is 10.4. The summed E-state index contributed by atoms with van der Waals surface area (Å²) in [6.45, 7) is 3.50. The predicted octanol–water partition coefficient (Wildman–Crippen LogP) is 5.07. The van der Waals surface area contributed by atoms with Crippen molar-refractivity contribution in [1.29, 1.82) is 0 Å². The Morgan fingerprint density at radius 3 is 2.19 bits per heavy atom. The number of rotatable bonds is 10. The molecule has 36 heavy (non-hydrogen) atoms. The summed E-state index contributed by atoms with van der Waals surface area (Å²) in [7, 11) is 0. The topological polar surface area (TPSA) is 65.5 Å². The first-order valence-electron chi connectivity index (χ1n) is 12.7. The van der Waals surface area contributed by atoms with Crippen LogP contribution in [0.1, 0.15) is 31.2 Å². The summed E-state index contributed by atoms with van der Waals surface area (Å²) in [5.74, 6) is 0.112. The van der Waals surface area contributed by atoms with E-state index in [0.29, 0.717) is 6.54 Å². The number of hydrogen-bond acceptors (Lipinski definition) is 4. The summed E-state index contributed by atoms with van der Waals surface area (Å²) < 4.78 is 0. The molecule has 6 nitrogen and oxygen atoms in total.